The average Bonchev–Trinajstić information content (AvgIpc) is 3.16. The number of hydrogen-bond donors (Lipinski definition) is 2. The minimum Gasteiger partial charge on any atom is -0.481 e. The fourth-order valence-electron chi connectivity index (χ4n) is 5.00. The first-order valence-corrected chi connectivity index (χ1v) is 11.3. The van der Waals surface area contributed by atoms with Gasteiger partial charge in [-0.05, 0) is 45.0 Å². The second-order valence-corrected chi connectivity index (χ2v) is 8.68. The number of carboxylic acid groups (broad SMARTS) is 1. The molecular weight excluding hydrogens is 426 g/mol. The highest BCUT2D eigenvalue weighted by molar-refractivity contribution is 5.95. The van der Waals surface area contributed by atoms with E-state index in [0.29, 0.717) is 0 Å². The molecule has 5 rings (SSSR count). The van der Waals surface area contributed by atoms with Crippen molar-refractivity contribution < 1.29 is 19.4 Å². The number of esters is 1. The van der Waals surface area contributed by atoms with E-state index in [1.807, 2.05) is 78.9 Å². The Morgan fingerprint density at radius 2 is 1.41 bits per heavy atom. The van der Waals surface area contributed by atoms with E-state index in [-0.39, 0.29) is 18.9 Å². The second-order valence-electron chi connectivity index (χ2n) is 8.68. The molecule has 5 heteroatoms. The van der Waals surface area contributed by atoms with Crippen molar-refractivity contribution in [3.8, 4) is 11.1 Å². The Labute approximate surface area is 197 Å². The van der Waals surface area contributed by atoms with Crippen LogP contribution in [-0.2, 0) is 20.7 Å². The Morgan fingerprint density at radius 1 is 0.824 bits per heavy atom. The lowest BCUT2D eigenvalue weighted by Crippen LogP contribution is -2.43. The van der Waals surface area contributed by atoms with Crippen molar-refractivity contribution in [3.05, 3.63) is 108 Å². The van der Waals surface area contributed by atoms with E-state index in [2.05, 4.69) is 12.1 Å². The molecule has 34 heavy (non-hydrogen) atoms. The molecule has 1 aliphatic carbocycles. The molecular formula is C29H25NO4. The van der Waals surface area contributed by atoms with Gasteiger partial charge < -0.3 is 15.6 Å². The fourth-order valence-corrected chi connectivity index (χ4v) is 5.00. The van der Waals surface area contributed by atoms with Crippen molar-refractivity contribution in [2.75, 3.05) is 6.61 Å². The molecule has 0 heterocycles. The number of nitrogens with two attached hydrogens (primary N) is 1. The van der Waals surface area contributed by atoms with Crippen molar-refractivity contribution in [2.45, 2.75) is 18.4 Å². The van der Waals surface area contributed by atoms with Crippen LogP contribution >= 0.6 is 0 Å². The van der Waals surface area contributed by atoms with Crippen LogP contribution in [0.25, 0.3) is 21.9 Å². The minimum atomic E-state index is -1.45. The van der Waals surface area contributed by atoms with Gasteiger partial charge in [0.15, 0.2) is 5.92 Å². The van der Waals surface area contributed by atoms with Crippen LogP contribution in [0.4, 0.5) is 0 Å². The van der Waals surface area contributed by atoms with Crippen molar-refractivity contribution in [1.29, 1.82) is 0 Å². The highest BCUT2D eigenvalue weighted by Crippen LogP contribution is 2.44. The van der Waals surface area contributed by atoms with Gasteiger partial charge >= 0.3 is 11.9 Å². The van der Waals surface area contributed by atoms with Crippen LogP contribution < -0.4 is 5.73 Å². The number of rotatable bonds is 7. The summed E-state index contributed by atoms with van der Waals surface area (Å²) in [7, 11) is 0. The summed E-state index contributed by atoms with van der Waals surface area (Å²) in [6.45, 7) is 0.0671. The predicted molar refractivity (Wildman–Crippen MR) is 131 cm³/mol. The van der Waals surface area contributed by atoms with Gasteiger partial charge in [0.2, 0.25) is 0 Å². The average molecular weight is 452 g/mol. The fraction of sp³-hybridized carbons (Fsp3) is 0.172. The zero-order valence-corrected chi connectivity index (χ0v) is 18.6. The molecule has 0 spiro atoms. The lowest BCUT2D eigenvalue weighted by molar-refractivity contribution is -0.159. The van der Waals surface area contributed by atoms with Gasteiger partial charge in [0.25, 0.3) is 0 Å². The molecule has 4 aromatic carbocycles. The normalized spacial score (nSPS) is 14.3. The molecule has 0 saturated heterocycles. The minimum absolute atomic E-state index is 0.0671. The Hall–Kier alpha value is -3.96. The molecule has 0 radical (unpaired) electrons. The van der Waals surface area contributed by atoms with Gasteiger partial charge in [0, 0.05) is 12.0 Å². The highest BCUT2D eigenvalue weighted by Gasteiger charge is 2.36. The number of aliphatic carboxylic acids is 1. The second kappa shape index (κ2) is 9.12. The molecule has 0 saturated carbocycles. The van der Waals surface area contributed by atoms with Crippen molar-refractivity contribution >= 4 is 22.7 Å². The number of hydrogen-bond acceptors (Lipinski definition) is 4. The summed E-state index contributed by atoms with van der Waals surface area (Å²) in [5.74, 6) is -3.67. The van der Waals surface area contributed by atoms with E-state index in [0.717, 1.165) is 38.6 Å². The summed E-state index contributed by atoms with van der Waals surface area (Å²) in [5, 5.41) is 11.9. The molecule has 5 nitrogen and oxygen atoms in total. The number of fused-ring (bicyclic) bond motifs is 4. The molecule has 170 valence electrons. The van der Waals surface area contributed by atoms with Crippen LogP contribution in [0, 0.1) is 5.92 Å². The summed E-state index contributed by atoms with van der Waals surface area (Å²) >= 11 is 0. The maximum absolute atomic E-state index is 13.0. The standard InChI is InChI=1S/C29H25NO4/c30-26(16-19-10-7-9-18-8-1-2-11-20(18)19)27(28(31)32)29(33)34-17-25-23-14-5-3-12-21(23)22-13-4-6-15-24(22)25/h1-15,25-27H,16-17,30H2,(H,31,32)/t26-,27-/m1/s1. The Kier molecular flexibility index (Phi) is 5.86. The lowest BCUT2D eigenvalue weighted by atomic mass is 9.91. The van der Waals surface area contributed by atoms with Crippen LogP contribution in [-0.4, -0.2) is 29.7 Å². The van der Waals surface area contributed by atoms with E-state index >= 15 is 0 Å². The first kappa shape index (κ1) is 21.9. The molecule has 0 unspecified atom stereocenters. The quantitative estimate of drug-likeness (QED) is 0.312. The number of carboxylic acids is 1. The third-order valence-corrected chi connectivity index (χ3v) is 6.64. The Bertz CT molecular complexity index is 1330. The molecule has 0 fully saturated rings. The largest absolute Gasteiger partial charge is 0.481 e. The van der Waals surface area contributed by atoms with Gasteiger partial charge in [-0.15, -0.1) is 0 Å². The maximum Gasteiger partial charge on any atom is 0.321 e. The van der Waals surface area contributed by atoms with E-state index in [9.17, 15) is 14.7 Å². The monoisotopic (exact) mass is 451 g/mol. The third kappa shape index (κ3) is 3.95. The van der Waals surface area contributed by atoms with E-state index < -0.39 is 23.9 Å². The van der Waals surface area contributed by atoms with Gasteiger partial charge in [-0.1, -0.05) is 91.0 Å². The van der Waals surface area contributed by atoms with Crippen LogP contribution in [0.5, 0.6) is 0 Å². The molecule has 0 amide bonds. The topological polar surface area (TPSA) is 89.6 Å². The van der Waals surface area contributed by atoms with Gasteiger partial charge in [-0.3, -0.25) is 9.59 Å². The number of ether oxygens (including phenoxy) is 1. The SMILES string of the molecule is N[C@H](Cc1cccc2ccccc12)[C@H](C(=O)O)C(=O)OCC1c2ccccc2-c2ccccc21. The first-order chi connectivity index (χ1) is 16.5. The predicted octanol–water partition coefficient (Wildman–Crippen LogP) is 4.77. The Balaban J connectivity index is 1.34. The summed E-state index contributed by atoms with van der Waals surface area (Å²) in [6.07, 6.45) is 0.252. The van der Waals surface area contributed by atoms with Crippen LogP contribution in [0.1, 0.15) is 22.6 Å². The number of carbonyl (C=O) groups is 2. The van der Waals surface area contributed by atoms with Crippen LogP contribution in [0.15, 0.2) is 91.0 Å². The molecule has 1 aliphatic rings. The third-order valence-electron chi connectivity index (χ3n) is 6.64. The van der Waals surface area contributed by atoms with Gasteiger partial charge in [0.05, 0.1) is 0 Å². The van der Waals surface area contributed by atoms with Gasteiger partial charge in [0.1, 0.15) is 6.61 Å². The maximum atomic E-state index is 13.0. The highest BCUT2D eigenvalue weighted by atomic mass is 16.5. The molecule has 4 aromatic rings. The van der Waals surface area contributed by atoms with Gasteiger partial charge in [-0.2, -0.15) is 0 Å². The first-order valence-electron chi connectivity index (χ1n) is 11.3. The van der Waals surface area contributed by atoms with Crippen molar-refractivity contribution in [2.24, 2.45) is 11.7 Å². The smallest absolute Gasteiger partial charge is 0.321 e. The summed E-state index contributed by atoms with van der Waals surface area (Å²) < 4.78 is 5.61. The number of carbonyl (C=O) groups excluding carboxylic acids is 1. The lowest BCUT2D eigenvalue weighted by Gasteiger charge is -2.21. The zero-order valence-electron chi connectivity index (χ0n) is 18.6. The molecule has 2 atom stereocenters. The van der Waals surface area contributed by atoms with E-state index in [1.54, 1.807) is 0 Å². The summed E-state index contributed by atoms with van der Waals surface area (Å²) in [5.41, 5.74) is 11.6. The van der Waals surface area contributed by atoms with E-state index in [4.69, 9.17) is 10.5 Å². The van der Waals surface area contributed by atoms with Crippen molar-refractivity contribution in [3.63, 3.8) is 0 Å². The molecule has 0 bridgehead atoms. The molecule has 0 aliphatic heterocycles. The summed E-state index contributed by atoms with van der Waals surface area (Å²) in [6, 6.07) is 28.8. The van der Waals surface area contributed by atoms with Gasteiger partial charge in [-0.25, -0.2) is 0 Å². The van der Waals surface area contributed by atoms with Crippen molar-refractivity contribution in [1.82, 2.24) is 0 Å². The molecule has 0 aromatic heterocycles. The van der Waals surface area contributed by atoms with Crippen LogP contribution in [0.2, 0.25) is 0 Å². The van der Waals surface area contributed by atoms with Crippen LogP contribution in [0.3, 0.4) is 0 Å². The number of benzene rings is 4. The zero-order chi connectivity index (χ0) is 23.7. The Morgan fingerprint density at radius 3 is 2.09 bits per heavy atom. The summed E-state index contributed by atoms with van der Waals surface area (Å²) in [4.78, 5) is 25.0. The molecule has 3 N–H and O–H groups in total. The van der Waals surface area contributed by atoms with E-state index in [1.165, 1.54) is 0 Å².